The number of hydrogen-bond donors (Lipinski definition) is 3. The second-order valence-electron chi connectivity index (χ2n) is 5.69. The molecule has 19 heavy (non-hydrogen) atoms. The van der Waals surface area contributed by atoms with E-state index in [4.69, 9.17) is 5.11 Å². The SMILES string of the molecule is CC(CCCC(=O)O)NC(=O)CNC(=O)C(C)(C)C. The fourth-order valence-corrected chi connectivity index (χ4v) is 1.38. The van der Waals surface area contributed by atoms with Gasteiger partial charge in [0.25, 0.3) is 0 Å². The van der Waals surface area contributed by atoms with Crippen molar-refractivity contribution in [3.8, 4) is 0 Å². The Bertz CT molecular complexity index is 334. The molecule has 0 aliphatic rings. The van der Waals surface area contributed by atoms with Gasteiger partial charge in [-0.2, -0.15) is 0 Å². The topological polar surface area (TPSA) is 95.5 Å². The molecule has 0 fully saturated rings. The zero-order valence-corrected chi connectivity index (χ0v) is 12.1. The van der Waals surface area contributed by atoms with E-state index in [0.717, 1.165) is 0 Å². The van der Waals surface area contributed by atoms with Crippen LogP contribution in [0.1, 0.15) is 47.0 Å². The number of carbonyl (C=O) groups excluding carboxylic acids is 2. The maximum atomic E-state index is 11.5. The van der Waals surface area contributed by atoms with Crippen molar-refractivity contribution in [2.45, 2.75) is 53.0 Å². The highest BCUT2D eigenvalue weighted by Crippen LogP contribution is 2.11. The zero-order chi connectivity index (χ0) is 15.1. The number of hydrogen-bond acceptors (Lipinski definition) is 3. The van der Waals surface area contributed by atoms with Gasteiger partial charge in [-0.05, 0) is 19.8 Å². The van der Waals surface area contributed by atoms with E-state index < -0.39 is 11.4 Å². The first-order valence-electron chi connectivity index (χ1n) is 6.42. The number of amides is 2. The molecule has 2 amide bonds. The van der Waals surface area contributed by atoms with Crippen LogP contribution >= 0.6 is 0 Å². The van der Waals surface area contributed by atoms with Crippen LogP contribution in [0.25, 0.3) is 0 Å². The lowest BCUT2D eigenvalue weighted by molar-refractivity contribution is -0.137. The van der Waals surface area contributed by atoms with Crippen molar-refractivity contribution in [2.75, 3.05) is 6.54 Å². The summed E-state index contributed by atoms with van der Waals surface area (Å²) in [7, 11) is 0. The maximum Gasteiger partial charge on any atom is 0.303 e. The standard InChI is InChI=1S/C13H24N2O4/c1-9(6-5-7-11(17)18)15-10(16)8-14-12(19)13(2,3)4/h9H,5-8H2,1-4H3,(H,14,19)(H,15,16)(H,17,18). The van der Waals surface area contributed by atoms with E-state index in [0.29, 0.717) is 12.8 Å². The van der Waals surface area contributed by atoms with E-state index in [9.17, 15) is 14.4 Å². The van der Waals surface area contributed by atoms with Gasteiger partial charge in [-0.15, -0.1) is 0 Å². The lowest BCUT2D eigenvalue weighted by atomic mass is 9.96. The van der Waals surface area contributed by atoms with Gasteiger partial charge in [0.15, 0.2) is 0 Å². The monoisotopic (exact) mass is 272 g/mol. The largest absolute Gasteiger partial charge is 0.481 e. The van der Waals surface area contributed by atoms with Crippen LogP contribution in [-0.4, -0.2) is 35.5 Å². The van der Waals surface area contributed by atoms with Crippen LogP contribution in [0.3, 0.4) is 0 Å². The second-order valence-corrected chi connectivity index (χ2v) is 5.69. The van der Waals surface area contributed by atoms with E-state index in [1.165, 1.54) is 0 Å². The molecule has 0 bridgehead atoms. The molecule has 6 heteroatoms. The minimum atomic E-state index is -0.837. The summed E-state index contributed by atoms with van der Waals surface area (Å²) in [5.41, 5.74) is -0.520. The molecule has 0 rings (SSSR count). The van der Waals surface area contributed by atoms with E-state index in [2.05, 4.69) is 10.6 Å². The minimum Gasteiger partial charge on any atom is -0.481 e. The summed E-state index contributed by atoms with van der Waals surface area (Å²) < 4.78 is 0. The van der Waals surface area contributed by atoms with Gasteiger partial charge in [0, 0.05) is 17.9 Å². The first kappa shape index (κ1) is 17.4. The molecule has 0 radical (unpaired) electrons. The maximum absolute atomic E-state index is 11.5. The fourth-order valence-electron chi connectivity index (χ4n) is 1.38. The minimum absolute atomic E-state index is 0.0562. The molecule has 0 saturated heterocycles. The molecule has 0 aromatic heterocycles. The van der Waals surface area contributed by atoms with Crippen molar-refractivity contribution in [1.29, 1.82) is 0 Å². The molecule has 6 nitrogen and oxygen atoms in total. The van der Waals surface area contributed by atoms with Crippen LogP contribution in [0.15, 0.2) is 0 Å². The van der Waals surface area contributed by atoms with Crippen LogP contribution in [0.2, 0.25) is 0 Å². The average molecular weight is 272 g/mol. The van der Waals surface area contributed by atoms with Crippen molar-refractivity contribution in [2.24, 2.45) is 5.41 Å². The lowest BCUT2D eigenvalue weighted by Crippen LogP contribution is -2.44. The van der Waals surface area contributed by atoms with E-state index in [1.54, 1.807) is 20.8 Å². The summed E-state index contributed by atoms with van der Waals surface area (Å²) in [6.07, 6.45) is 1.22. The number of nitrogens with one attached hydrogen (secondary N) is 2. The Hall–Kier alpha value is -1.59. The number of carboxylic acid groups (broad SMARTS) is 1. The van der Waals surface area contributed by atoms with Crippen LogP contribution in [0, 0.1) is 5.41 Å². The van der Waals surface area contributed by atoms with E-state index in [-0.39, 0.29) is 30.8 Å². The third-order valence-electron chi connectivity index (χ3n) is 2.53. The molecule has 110 valence electrons. The molecular formula is C13H24N2O4. The van der Waals surface area contributed by atoms with Crippen LogP contribution in [0.5, 0.6) is 0 Å². The van der Waals surface area contributed by atoms with Gasteiger partial charge in [-0.25, -0.2) is 0 Å². The average Bonchev–Trinajstić information content (AvgIpc) is 2.23. The molecule has 0 aromatic carbocycles. The smallest absolute Gasteiger partial charge is 0.303 e. The van der Waals surface area contributed by atoms with Crippen LogP contribution < -0.4 is 10.6 Å². The van der Waals surface area contributed by atoms with Crippen LogP contribution in [0.4, 0.5) is 0 Å². The van der Waals surface area contributed by atoms with Gasteiger partial charge >= 0.3 is 5.97 Å². The number of carbonyl (C=O) groups is 3. The zero-order valence-electron chi connectivity index (χ0n) is 12.1. The Kier molecular flexibility index (Phi) is 7.11. The van der Waals surface area contributed by atoms with Crippen molar-refractivity contribution in [1.82, 2.24) is 10.6 Å². The molecule has 0 aliphatic heterocycles. The summed E-state index contributed by atoms with van der Waals surface area (Å²) in [5, 5.41) is 13.8. The molecule has 0 heterocycles. The Morgan fingerprint density at radius 3 is 2.26 bits per heavy atom. The van der Waals surface area contributed by atoms with Crippen molar-refractivity contribution in [3.63, 3.8) is 0 Å². The van der Waals surface area contributed by atoms with Gasteiger partial charge in [-0.3, -0.25) is 14.4 Å². The third-order valence-corrected chi connectivity index (χ3v) is 2.53. The summed E-state index contributed by atoms with van der Waals surface area (Å²) >= 11 is 0. The predicted molar refractivity (Wildman–Crippen MR) is 71.6 cm³/mol. The molecule has 0 aromatic rings. The van der Waals surface area contributed by atoms with Crippen molar-refractivity contribution >= 4 is 17.8 Å². The second kappa shape index (κ2) is 7.76. The molecular weight excluding hydrogens is 248 g/mol. The fraction of sp³-hybridized carbons (Fsp3) is 0.769. The first-order chi connectivity index (χ1) is 8.62. The Morgan fingerprint density at radius 1 is 1.21 bits per heavy atom. The summed E-state index contributed by atoms with van der Waals surface area (Å²) in [5.74, 6) is -1.28. The molecule has 0 aliphatic carbocycles. The van der Waals surface area contributed by atoms with Crippen LogP contribution in [-0.2, 0) is 14.4 Å². The van der Waals surface area contributed by atoms with Gasteiger partial charge in [0.1, 0.15) is 0 Å². The highest BCUT2D eigenvalue weighted by molar-refractivity contribution is 5.87. The first-order valence-corrected chi connectivity index (χ1v) is 6.42. The highest BCUT2D eigenvalue weighted by atomic mass is 16.4. The number of rotatable bonds is 7. The lowest BCUT2D eigenvalue weighted by Gasteiger charge is -2.18. The van der Waals surface area contributed by atoms with Gasteiger partial charge in [-0.1, -0.05) is 20.8 Å². The molecule has 3 N–H and O–H groups in total. The Morgan fingerprint density at radius 2 is 1.79 bits per heavy atom. The predicted octanol–water partition coefficient (Wildman–Crippen LogP) is 0.908. The van der Waals surface area contributed by atoms with E-state index in [1.807, 2.05) is 6.92 Å². The third kappa shape index (κ3) is 9.04. The van der Waals surface area contributed by atoms with Gasteiger partial charge in [0.2, 0.25) is 11.8 Å². The molecule has 0 spiro atoms. The Balaban J connectivity index is 3.86. The summed E-state index contributed by atoms with van der Waals surface area (Å²) in [4.78, 5) is 33.4. The molecule has 0 saturated carbocycles. The number of aliphatic carboxylic acids is 1. The Labute approximate surface area is 113 Å². The summed E-state index contributed by atoms with van der Waals surface area (Å²) in [6, 6.07) is -0.0987. The molecule has 1 atom stereocenters. The number of carboxylic acids is 1. The van der Waals surface area contributed by atoms with Crippen molar-refractivity contribution in [3.05, 3.63) is 0 Å². The highest BCUT2D eigenvalue weighted by Gasteiger charge is 2.21. The van der Waals surface area contributed by atoms with Gasteiger partial charge < -0.3 is 15.7 Å². The van der Waals surface area contributed by atoms with Gasteiger partial charge in [0.05, 0.1) is 6.54 Å². The van der Waals surface area contributed by atoms with Crippen molar-refractivity contribution < 1.29 is 19.5 Å². The quantitative estimate of drug-likeness (QED) is 0.642. The normalized spacial score (nSPS) is 12.6. The summed E-state index contributed by atoms with van der Waals surface area (Å²) in [6.45, 7) is 7.07. The van der Waals surface area contributed by atoms with E-state index >= 15 is 0 Å². The molecule has 1 unspecified atom stereocenters.